The summed E-state index contributed by atoms with van der Waals surface area (Å²) in [5.41, 5.74) is 2.19. The summed E-state index contributed by atoms with van der Waals surface area (Å²) in [6, 6.07) is 12.6. The predicted molar refractivity (Wildman–Crippen MR) is 102 cm³/mol. The fraction of sp³-hybridized carbons (Fsp3) is 0. The molecule has 2 aromatic carbocycles. The number of nitro groups is 1. The summed E-state index contributed by atoms with van der Waals surface area (Å²) >= 11 is 2.05. The van der Waals surface area contributed by atoms with Gasteiger partial charge in [-0.2, -0.15) is 0 Å². The molecule has 126 valence electrons. The Bertz CT molecular complexity index is 1110. The topological polar surface area (TPSA) is 90.2 Å². The van der Waals surface area contributed by atoms with Gasteiger partial charge in [0.1, 0.15) is 5.69 Å². The second-order valence-corrected chi connectivity index (χ2v) is 6.87. The minimum absolute atomic E-state index is 0.0422. The van der Waals surface area contributed by atoms with Crippen LogP contribution in [0.5, 0.6) is 0 Å². The molecular formula is C19H9IN2O4. The van der Waals surface area contributed by atoms with Gasteiger partial charge in [0.2, 0.25) is 5.78 Å². The van der Waals surface area contributed by atoms with Gasteiger partial charge in [-0.1, -0.05) is 24.3 Å². The molecule has 7 heteroatoms. The van der Waals surface area contributed by atoms with Gasteiger partial charge in [-0.05, 0) is 40.3 Å². The first kappa shape index (κ1) is 16.5. The Balaban J connectivity index is 1.97. The van der Waals surface area contributed by atoms with E-state index in [4.69, 9.17) is 0 Å². The molecule has 1 aliphatic rings. The largest absolute Gasteiger partial charge is 0.288 e. The number of non-ortho nitro benzene ring substituents is 1. The molecule has 0 N–H and O–H groups in total. The van der Waals surface area contributed by atoms with Crippen LogP contribution in [0.1, 0.15) is 32.0 Å². The molecule has 4 rings (SSSR count). The minimum Gasteiger partial charge on any atom is -0.288 e. The van der Waals surface area contributed by atoms with Crippen LogP contribution >= 0.6 is 22.6 Å². The first-order chi connectivity index (χ1) is 12.5. The maximum absolute atomic E-state index is 13.1. The van der Waals surface area contributed by atoms with Crippen molar-refractivity contribution in [2.24, 2.45) is 0 Å². The number of fused-ring (bicyclic) bond motifs is 2. The molecule has 0 aliphatic heterocycles. The van der Waals surface area contributed by atoms with E-state index in [-0.39, 0.29) is 28.5 Å². The normalized spacial score (nSPS) is 12.5. The third-order valence-electron chi connectivity index (χ3n) is 4.26. The molecule has 0 saturated carbocycles. The molecule has 0 bridgehead atoms. The average molecular weight is 456 g/mol. The van der Waals surface area contributed by atoms with Crippen molar-refractivity contribution in [3.8, 4) is 11.1 Å². The Hall–Kier alpha value is -2.94. The lowest BCUT2D eigenvalue weighted by molar-refractivity contribution is -0.384. The van der Waals surface area contributed by atoms with Crippen molar-refractivity contribution in [3.63, 3.8) is 0 Å². The highest BCUT2D eigenvalue weighted by Gasteiger charge is 2.34. The summed E-state index contributed by atoms with van der Waals surface area (Å²) in [6.45, 7) is 0. The molecule has 6 nitrogen and oxygen atoms in total. The van der Waals surface area contributed by atoms with Crippen LogP contribution in [0.15, 0.2) is 54.7 Å². The summed E-state index contributed by atoms with van der Waals surface area (Å²) < 4.78 is 0.690. The van der Waals surface area contributed by atoms with Gasteiger partial charge in [0.25, 0.3) is 5.69 Å². The van der Waals surface area contributed by atoms with E-state index in [9.17, 15) is 19.7 Å². The lowest BCUT2D eigenvalue weighted by Crippen LogP contribution is -2.23. The van der Waals surface area contributed by atoms with Crippen LogP contribution in [0.2, 0.25) is 0 Å². The monoisotopic (exact) mass is 456 g/mol. The van der Waals surface area contributed by atoms with Gasteiger partial charge in [-0.3, -0.25) is 24.7 Å². The number of pyridine rings is 1. The number of carbonyl (C=O) groups is 2. The van der Waals surface area contributed by atoms with Gasteiger partial charge in [-0.25, -0.2) is 0 Å². The van der Waals surface area contributed by atoms with E-state index in [1.165, 1.54) is 18.3 Å². The average Bonchev–Trinajstić information content (AvgIpc) is 2.66. The van der Waals surface area contributed by atoms with Gasteiger partial charge in [0, 0.05) is 38.6 Å². The van der Waals surface area contributed by atoms with Crippen molar-refractivity contribution in [1.29, 1.82) is 0 Å². The zero-order valence-electron chi connectivity index (χ0n) is 13.1. The molecule has 1 aliphatic carbocycles. The van der Waals surface area contributed by atoms with Gasteiger partial charge in [-0.15, -0.1) is 0 Å². The number of carbonyl (C=O) groups excluding carboxylic acids is 2. The van der Waals surface area contributed by atoms with E-state index in [0.29, 0.717) is 25.8 Å². The van der Waals surface area contributed by atoms with Crippen LogP contribution in [0.25, 0.3) is 11.1 Å². The lowest BCUT2D eigenvalue weighted by atomic mass is 9.83. The van der Waals surface area contributed by atoms with Crippen molar-refractivity contribution < 1.29 is 14.5 Å². The fourth-order valence-corrected chi connectivity index (χ4v) is 3.78. The highest BCUT2D eigenvalue weighted by Crippen LogP contribution is 2.36. The molecule has 0 spiro atoms. The SMILES string of the molecule is O=C1c2ccccc2C(=O)c2c1ncc(I)c2-c1ccc([N+](=O)[O-])cc1. The Morgan fingerprint density at radius 2 is 1.50 bits per heavy atom. The van der Waals surface area contributed by atoms with Crippen LogP contribution in [-0.4, -0.2) is 21.5 Å². The molecule has 3 aromatic rings. The molecule has 0 amide bonds. The number of aromatic nitrogens is 1. The van der Waals surface area contributed by atoms with Crippen molar-refractivity contribution in [3.05, 3.63) is 90.8 Å². The number of hydrogen-bond acceptors (Lipinski definition) is 5. The molecule has 1 heterocycles. The van der Waals surface area contributed by atoms with Crippen molar-refractivity contribution in [1.82, 2.24) is 4.98 Å². The molecule has 0 radical (unpaired) electrons. The number of halogens is 1. The highest BCUT2D eigenvalue weighted by atomic mass is 127. The first-order valence-corrected chi connectivity index (χ1v) is 8.68. The van der Waals surface area contributed by atoms with Gasteiger partial charge in [0.15, 0.2) is 5.78 Å². The first-order valence-electron chi connectivity index (χ1n) is 7.61. The van der Waals surface area contributed by atoms with Gasteiger partial charge in [0.05, 0.1) is 10.5 Å². The molecule has 1 aromatic heterocycles. The Morgan fingerprint density at radius 1 is 0.885 bits per heavy atom. The third kappa shape index (κ3) is 2.43. The number of nitrogens with zero attached hydrogens (tertiary/aromatic N) is 2. The molecule has 0 unspecified atom stereocenters. The highest BCUT2D eigenvalue weighted by molar-refractivity contribution is 14.1. The lowest BCUT2D eigenvalue weighted by Gasteiger charge is -2.20. The quantitative estimate of drug-likeness (QED) is 0.258. The number of benzene rings is 2. The fourth-order valence-electron chi connectivity index (χ4n) is 3.05. The maximum atomic E-state index is 13.1. The van der Waals surface area contributed by atoms with Crippen molar-refractivity contribution >= 4 is 39.8 Å². The van der Waals surface area contributed by atoms with Crippen LogP contribution in [0.3, 0.4) is 0 Å². The zero-order valence-corrected chi connectivity index (χ0v) is 15.3. The van der Waals surface area contributed by atoms with Crippen molar-refractivity contribution in [2.75, 3.05) is 0 Å². The number of hydrogen-bond donors (Lipinski definition) is 0. The molecule has 0 fully saturated rings. The maximum Gasteiger partial charge on any atom is 0.269 e. The predicted octanol–water partition coefficient (Wildman–Crippen LogP) is 4.04. The summed E-state index contributed by atoms with van der Waals surface area (Å²) in [4.78, 5) is 40.4. The van der Waals surface area contributed by atoms with Crippen molar-refractivity contribution in [2.45, 2.75) is 0 Å². The summed E-state index contributed by atoms with van der Waals surface area (Å²) in [5.74, 6) is -0.565. The zero-order chi connectivity index (χ0) is 18.4. The third-order valence-corrected chi connectivity index (χ3v) is 5.08. The number of nitro benzene ring substituents is 1. The number of ketones is 2. The molecular weight excluding hydrogens is 447 g/mol. The molecule has 0 saturated heterocycles. The second-order valence-electron chi connectivity index (χ2n) is 5.71. The van der Waals surface area contributed by atoms with E-state index >= 15 is 0 Å². The van der Waals surface area contributed by atoms with Crippen LogP contribution in [0.4, 0.5) is 5.69 Å². The Kier molecular flexibility index (Phi) is 3.87. The van der Waals surface area contributed by atoms with Crippen LogP contribution < -0.4 is 0 Å². The van der Waals surface area contributed by atoms with Gasteiger partial charge < -0.3 is 0 Å². The standard InChI is InChI=1S/C19H9IN2O4/c20-14-9-21-17-16(15(14)10-5-7-11(8-6-10)22(25)26)18(23)12-3-1-2-4-13(12)19(17)24/h1-9H. The van der Waals surface area contributed by atoms with Crippen LogP contribution in [-0.2, 0) is 0 Å². The smallest absolute Gasteiger partial charge is 0.269 e. The Morgan fingerprint density at radius 3 is 2.12 bits per heavy atom. The van der Waals surface area contributed by atoms with Gasteiger partial charge >= 0.3 is 0 Å². The van der Waals surface area contributed by atoms with E-state index in [1.807, 2.05) is 22.6 Å². The van der Waals surface area contributed by atoms with E-state index in [0.717, 1.165) is 0 Å². The summed E-state index contributed by atoms with van der Waals surface area (Å²) in [5, 5.41) is 10.9. The summed E-state index contributed by atoms with van der Waals surface area (Å²) in [6.07, 6.45) is 1.54. The second kappa shape index (κ2) is 6.10. The molecule has 0 atom stereocenters. The van der Waals surface area contributed by atoms with Crippen LogP contribution in [0, 0.1) is 13.7 Å². The van der Waals surface area contributed by atoms with E-state index in [2.05, 4.69) is 4.98 Å². The molecule has 26 heavy (non-hydrogen) atoms. The van der Waals surface area contributed by atoms with E-state index < -0.39 is 4.92 Å². The van der Waals surface area contributed by atoms with E-state index in [1.54, 1.807) is 36.4 Å². The Labute approximate surface area is 161 Å². The summed E-state index contributed by atoms with van der Waals surface area (Å²) in [7, 11) is 0. The number of rotatable bonds is 2. The minimum atomic E-state index is -0.484.